The molecule has 8 nitrogen and oxygen atoms in total. The number of morpholine rings is 1. The molecule has 0 spiro atoms. The molecule has 0 aliphatic carbocycles. The van der Waals surface area contributed by atoms with Gasteiger partial charge in [0.2, 0.25) is 5.95 Å². The number of benzene rings is 1. The third-order valence-corrected chi connectivity index (χ3v) is 6.17. The molecule has 2 fully saturated rings. The number of aromatic hydroxyl groups is 1. The van der Waals surface area contributed by atoms with Crippen molar-refractivity contribution in [3.05, 3.63) is 30.5 Å². The van der Waals surface area contributed by atoms with Crippen molar-refractivity contribution in [3.63, 3.8) is 0 Å². The lowest BCUT2D eigenvalue weighted by Crippen LogP contribution is -2.37. The number of nitrogens with zero attached hydrogens (tertiary/aromatic N) is 6. The van der Waals surface area contributed by atoms with E-state index in [0.717, 1.165) is 55.0 Å². The van der Waals surface area contributed by atoms with Crippen molar-refractivity contribution >= 4 is 17.0 Å². The zero-order valence-corrected chi connectivity index (χ0v) is 17.4. The lowest BCUT2D eigenvalue weighted by Gasteiger charge is -2.29. The largest absolute Gasteiger partial charge is 0.508 e. The molecule has 2 aromatic heterocycles. The van der Waals surface area contributed by atoms with Crippen LogP contribution < -0.4 is 4.90 Å². The van der Waals surface area contributed by atoms with E-state index < -0.39 is 0 Å². The molecule has 2 aliphatic rings. The Bertz CT molecular complexity index is 1020. The molecule has 30 heavy (non-hydrogen) atoms. The fourth-order valence-corrected chi connectivity index (χ4v) is 4.34. The van der Waals surface area contributed by atoms with Gasteiger partial charge in [0.15, 0.2) is 5.65 Å². The average Bonchev–Trinajstić information content (AvgIpc) is 3.18. The third kappa shape index (κ3) is 3.85. The number of phenols is 1. The van der Waals surface area contributed by atoms with E-state index in [4.69, 9.17) is 19.8 Å². The number of phenolic OH excluding ortho intramolecular Hbond substituents is 1. The van der Waals surface area contributed by atoms with E-state index in [1.807, 2.05) is 23.0 Å². The highest BCUT2D eigenvalue weighted by Crippen LogP contribution is 2.31. The first kappa shape index (κ1) is 19.3. The number of rotatable bonds is 4. The summed E-state index contributed by atoms with van der Waals surface area (Å²) in [7, 11) is 2.18. The Kier molecular flexibility index (Phi) is 5.26. The Hall–Kier alpha value is -2.71. The fraction of sp³-hybridized carbons (Fsp3) is 0.500. The van der Waals surface area contributed by atoms with Crippen LogP contribution in [-0.4, -0.2) is 76.2 Å². The molecule has 0 bridgehead atoms. The van der Waals surface area contributed by atoms with Crippen LogP contribution in [0.3, 0.4) is 0 Å². The first-order valence-corrected chi connectivity index (χ1v) is 10.7. The van der Waals surface area contributed by atoms with Gasteiger partial charge in [0.05, 0.1) is 30.5 Å². The van der Waals surface area contributed by atoms with Gasteiger partial charge in [-0.3, -0.25) is 0 Å². The molecule has 4 heterocycles. The van der Waals surface area contributed by atoms with Crippen molar-refractivity contribution < 1.29 is 9.84 Å². The van der Waals surface area contributed by atoms with Crippen LogP contribution in [0.4, 0.5) is 5.95 Å². The fourth-order valence-electron chi connectivity index (χ4n) is 4.34. The van der Waals surface area contributed by atoms with E-state index >= 15 is 0 Å². The maximum Gasteiger partial charge on any atom is 0.228 e. The molecule has 0 amide bonds. The predicted molar refractivity (Wildman–Crippen MR) is 116 cm³/mol. The van der Waals surface area contributed by atoms with Crippen molar-refractivity contribution in [2.75, 3.05) is 51.3 Å². The molecule has 0 atom stereocenters. The minimum Gasteiger partial charge on any atom is -0.508 e. The van der Waals surface area contributed by atoms with Gasteiger partial charge in [0.1, 0.15) is 5.75 Å². The molecule has 1 aromatic carbocycles. The normalized spacial score (nSPS) is 18.9. The maximum atomic E-state index is 10.0. The van der Waals surface area contributed by atoms with Crippen molar-refractivity contribution in [2.24, 2.45) is 5.92 Å². The molecular weight excluding hydrogens is 380 g/mol. The number of hydrogen-bond donors (Lipinski definition) is 1. The second kappa shape index (κ2) is 8.20. The van der Waals surface area contributed by atoms with Gasteiger partial charge in [-0.2, -0.15) is 10.1 Å². The first-order valence-electron chi connectivity index (χ1n) is 10.7. The highest BCUT2D eigenvalue weighted by Gasteiger charge is 2.22. The highest BCUT2D eigenvalue weighted by atomic mass is 16.5. The molecule has 158 valence electrons. The van der Waals surface area contributed by atoms with E-state index in [-0.39, 0.29) is 5.75 Å². The van der Waals surface area contributed by atoms with E-state index in [0.29, 0.717) is 25.1 Å². The van der Waals surface area contributed by atoms with E-state index in [2.05, 4.69) is 16.8 Å². The van der Waals surface area contributed by atoms with Crippen LogP contribution >= 0.6 is 0 Å². The molecule has 8 heteroatoms. The number of aromatic nitrogens is 4. The zero-order chi connectivity index (χ0) is 20.5. The Morgan fingerprint density at radius 1 is 1.10 bits per heavy atom. The van der Waals surface area contributed by atoms with Crippen molar-refractivity contribution in [3.8, 4) is 17.0 Å². The summed E-state index contributed by atoms with van der Waals surface area (Å²) in [6, 6.07) is 7.24. The molecule has 5 rings (SSSR count). The number of hydrogen-bond acceptors (Lipinski definition) is 7. The second-order valence-corrected chi connectivity index (χ2v) is 8.33. The Morgan fingerprint density at radius 3 is 2.67 bits per heavy atom. The second-order valence-electron chi connectivity index (χ2n) is 8.33. The van der Waals surface area contributed by atoms with Gasteiger partial charge in [-0.15, -0.1) is 0 Å². The molecule has 2 aliphatic heterocycles. The minimum atomic E-state index is 0.228. The van der Waals surface area contributed by atoms with Crippen molar-refractivity contribution in [2.45, 2.75) is 19.4 Å². The molecule has 0 radical (unpaired) electrons. The topological polar surface area (TPSA) is 79.5 Å². The summed E-state index contributed by atoms with van der Waals surface area (Å²) >= 11 is 0. The molecular formula is C22H28N6O2. The SMILES string of the molecule is CN1CCC(Cn2ncc3c(-c4cccc(O)c4)nc(N4CCOCC4)nc32)CC1. The summed E-state index contributed by atoms with van der Waals surface area (Å²) < 4.78 is 7.55. The summed E-state index contributed by atoms with van der Waals surface area (Å²) in [5.41, 5.74) is 2.55. The van der Waals surface area contributed by atoms with Crippen LogP contribution in [-0.2, 0) is 11.3 Å². The number of anilines is 1. The van der Waals surface area contributed by atoms with Gasteiger partial charge < -0.3 is 19.6 Å². The van der Waals surface area contributed by atoms with Gasteiger partial charge in [0.25, 0.3) is 0 Å². The Morgan fingerprint density at radius 2 is 1.90 bits per heavy atom. The molecule has 0 unspecified atom stereocenters. The number of piperidine rings is 1. The molecule has 1 N–H and O–H groups in total. The standard InChI is InChI=1S/C22H28N6O2/c1-26-7-5-16(6-8-26)15-28-21-19(14-23-28)20(17-3-2-4-18(29)13-17)24-22(25-21)27-9-11-30-12-10-27/h2-4,13-14,16,29H,5-12,15H2,1H3. The summed E-state index contributed by atoms with van der Waals surface area (Å²) in [5, 5.41) is 15.6. The summed E-state index contributed by atoms with van der Waals surface area (Å²) in [4.78, 5) is 14.4. The van der Waals surface area contributed by atoms with Crippen molar-refractivity contribution in [1.29, 1.82) is 0 Å². The summed E-state index contributed by atoms with van der Waals surface area (Å²) in [6.45, 7) is 6.03. The van der Waals surface area contributed by atoms with Gasteiger partial charge in [-0.25, -0.2) is 9.67 Å². The Balaban J connectivity index is 1.56. The number of fused-ring (bicyclic) bond motifs is 1. The first-order chi connectivity index (χ1) is 14.7. The maximum absolute atomic E-state index is 10.0. The monoisotopic (exact) mass is 408 g/mol. The zero-order valence-electron chi connectivity index (χ0n) is 17.4. The van der Waals surface area contributed by atoms with Gasteiger partial charge in [-0.05, 0) is 51.0 Å². The van der Waals surface area contributed by atoms with Crippen LogP contribution in [0.15, 0.2) is 30.5 Å². The summed E-state index contributed by atoms with van der Waals surface area (Å²) in [6.07, 6.45) is 4.23. The lowest BCUT2D eigenvalue weighted by atomic mass is 9.97. The van der Waals surface area contributed by atoms with E-state index in [9.17, 15) is 5.11 Å². The van der Waals surface area contributed by atoms with Crippen LogP contribution in [0.1, 0.15) is 12.8 Å². The molecule has 3 aromatic rings. The predicted octanol–water partition coefficient (Wildman–Crippen LogP) is 2.38. The van der Waals surface area contributed by atoms with Gasteiger partial charge in [-0.1, -0.05) is 12.1 Å². The van der Waals surface area contributed by atoms with Crippen LogP contribution in [0, 0.1) is 5.92 Å². The van der Waals surface area contributed by atoms with Crippen molar-refractivity contribution in [1.82, 2.24) is 24.6 Å². The minimum absolute atomic E-state index is 0.228. The lowest BCUT2D eigenvalue weighted by molar-refractivity contribution is 0.122. The smallest absolute Gasteiger partial charge is 0.228 e. The van der Waals surface area contributed by atoms with Gasteiger partial charge in [0, 0.05) is 25.2 Å². The van der Waals surface area contributed by atoms with Crippen LogP contribution in [0.2, 0.25) is 0 Å². The van der Waals surface area contributed by atoms with E-state index in [1.165, 1.54) is 12.8 Å². The van der Waals surface area contributed by atoms with Crippen LogP contribution in [0.25, 0.3) is 22.3 Å². The van der Waals surface area contributed by atoms with Gasteiger partial charge >= 0.3 is 0 Å². The highest BCUT2D eigenvalue weighted by molar-refractivity contribution is 5.91. The Labute approximate surface area is 176 Å². The molecule has 2 saturated heterocycles. The number of likely N-dealkylation sites (tertiary alicyclic amines) is 1. The molecule has 0 saturated carbocycles. The summed E-state index contributed by atoms with van der Waals surface area (Å²) in [5.74, 6) is 1.54. The van der Waals surface area contributed by atoms with Crippen LogP contribution in [0.5, 0.6) is 5.75 Å². The third-order valence-electron chi connectivity index (χ3n) is 6.17. The average molecular weight is 409 g/mol. The number of ether oxygens (including phenoxy) is 1. The quantitative estimate of drug-likeness (QED) is 0.710. The van der Waals surface area contributed by atoms with E-state index in [1.54, 1.807) is 12.1 Å².